The Labute approximate surface area is 116 Å². The number of allylic oxidation sites excluding steroid dienone is 4. The monoisotopic (exact) mass is 258 g/mol. The average Bonchev–Trinajstić information content (AvgIpc) is 2.75. The van der Waals surface area contributed by atoms with Crippen molar-refractivity contribution in [2.45, 2.75) is 58.0 Å². The normalized spacial score (nSPS) is 52.1. The van der Waals surface area contributed by atoms with E-state index in [0.717, 1.165) is 30.1 Å². The summed E-state index contributed by atoms with van der Waals surface area (Å²) in [6.45, 7) is 2.35. The summed E-state index contributed by atoms with van der Waals surface area (Å²) in [7, 11) is 0. The van der Waals surface area contributed by atoms with Crippen LogP contribution in [0.4, 0.5) is 0 Å². The molecule has 4 aliphatic rings. The number of hydrogen-bond donors (Lipinski definition) is 1. The maximum atomic E-state index is 10.4. The molecule has 0 aromatic heterocycles. The van der Waals surface area contributed by atoms with Gasteiger partial charge in [-0.15, -0.1) is 0 Å². The number of rotatable bonds is 0. The Morgan fingerprint density at radius 2 is 2.11 bits per heavy atom. The molecule has 0 amide bonds. The van der Waals surface area contributed by atoms with Crippen LogP contribution in [0, 0.1) is 29.1 Å². The molecule has 0 spiro atoms. The number of aliphatic hydroxyl groups is 1. The fraction of sp³-hybridized carbons (Fsp3) is 0.778. The molecule has 1 N–H and O–H groups in total. The van der Waals surface area contributed by atoms with E-state index in [-0.39, 0.29) is 11.5 Å². The molecule has 0 unspecified atom stereocenters. The lowest BCUT2D eigenvalue weighted by atomic mass is 9.54. The number of fused-ring (bicyclic) bond motifs is 5. The van der Waals surface area contributed by atoms with E-state index in [2.05, 4.69) is 25.2 Å². The van der Waals surface area contributed by atoms with Gasteiger partial charge in [0, 0.05) is 0 Å². The Kier molecular flexibility index (Phi) is 2.71. The second kappa shape index (κ2) is 4.22. The molecule has 104 valence electrons. The summed E-state index contributed by atoms with van der Waals surface area (Å²) in [6, 6.07) is 0. The van der Waals surface area contributed by atoms with E-state index in [1.165, 1.54) is 38.5 Å². The van der Waals surface area contributed by atoms with Gasteiger partial charge in [0.05, 0.1) is 6.10 Å². The molecule has 1 heteroatoms. The Bertz CT molecular complexity index is 435. The van der Waals surface area contributed by atoms with Gasteiger partial charge in [-0.25, -0.2) is 0 Å². The van der Waals surface area contributed by atoms with Gasteiger partial charge in [0.15, 0.2) is 0 Å². The second-order valence-corrected chi connectivity index (χ2v) is 7.59. The van der Waals surface area contributed by atoms with Gasteiger partial charge in [-0.05, 0) is 79.6 Å². The minimum Gasteiger partial charge on any atom is -0.393 e. The summed E-state index contributed by atoms with van der Waals surface area (Å²) < 4.78 is 0. The lowest BCUT2D eigenvalue weighted by Gasteiger charge is -2.51. The van der Waals surface area contributed by atoms with Crippen LogP contribution in [0.15, 0.2) is 23.8 Å². The molecular formula is C18H26O. The van der Waals surface area contributed by atoms with Crippen LogP contribution in [0.5, 0.6) is 0 Å². The Morgan fingerprint density at radius 3 is 3.00 bits per heavy atom. The first kappa shape index (κ1) is 12.2. The van der Waals surface area contributed by atoms with Crippen molar-refractivity contribution in [1.82, 2.24) is 0 Å². The van der Waals surface area contributed by atoms with Crippen molar-refractivity contribution < 1.29 is 5.11 Å². The smallest absolute Gasteiger partial charge is 0.0596 e. The molecule has 0 saturated heterocycles. The predicted octanol–water partition coefficient (Wildman–Crippen LogP) is 4.09. The number of hydrogen-bond acceptors (Lipinski definition) is 1. The Balaban J connectivity index is 1.69. The molecule has 0 aromatic carbocycles. The first-order chi connectivity index (χ1) is 9.20. The van der Waals surface area contributed by atoms with Crippen LogP contribution in [0.25, 0.3) is 0 Å². The molecule has 4 rings (SSSR count). The molecule has 6 atom stereocenters. The van der Waals surface area contributed by atoms with Gasteiger partial charge < -0.3 is 5.11 Å². The summed E-state index contributed by atoms with van der Waals surface area (Å²) in [4.78, 5) is 0. The molecule has 2 fully saturated rings. The minimum absolute atomic E-state index is 0.0462. The van der Waals surface area contributed by atoms with Crippen molar-refractivity contribution in [2.24, 2.45) is 29.1 Å². The quantitative estimate of drug-likeness (QED) is 0.694. The first-order valence-electron chi connectivity index (χ1n) is 8.26. The van der Waals surface area contributed by atoms with Gasteiger partial charge in [-0.2, -0.15) is 0 Å². The van der Waals surface area contributed by atoms with Gasteiger partial charge in [0.25, 0.3) is 0 Å². The molecule has 0 aliphatic heterocycles. The fourth-order valence-corrected chi connectivity index (χ4v) is 5.74. The maximum Gasteiger partial charge on any atom is 0.0596 e. The highest BCUT2D eigenvalue weighted by atomic mass is 16.3. The van der Waals surface area contributed by atoms with Crippen molar-refractivity contribution in [3.63, 3.8) is 0 Å². The Hall–Kier alpha value is -0.560. The molecule has 1 nitrogen and oxygen atoms in total. The van der Waals surface area contributed by atoms with Crippen LogP contribution >= 0.6 is 0 Å². The topological polar surface area (TPSA) is 20.2 Å². The van der Waals surface area contributed by atoms with Gasteiger partial charge >= 0.3 is 0 Å². The fourth-order valence-electron chi connectivity index (χ4n) is 5.74. The maximum absolute atomic E-state index is 10.4. The van der Waals surface area contributed by atoms with E-state index in [9.17, 15) is 5.11 Å². The highest BCUT2D eigenvalue weighted by Crippen LogP contribution is 2.60. The van der Waals surface area contributed by atoms with Crippen molar-refractivity contribution in [3.8, 4) is 0 Å². The van der Waals surface area contributed by atoms with Crippen LogP contribution in [0.3, 0.4) is 0 Å². The minimum atomic E-state index is -0.0462. The highest BCUT2D eigenvalue weighted by molar-refractivity contribution is 5.30. The summed E-state index contributed by atoms with van der Waals surface area (Å²) in [6.07, 6.45) is 16.3. The first-order valence-corrected chi connectivity index (χ1v) is 8.26. The predicted molar refractivity (Wildman–Crippen MR) is 77.6 cm³/mol. The van der Waals surface area contributed by atoms with Gasteiger partial charge in [-0.1, -0.05) is 25.2 Å². The number of aliphatic hydroxyl groups excluding tert-OH is 1. The van der Waals surface area contributed by atoms with E-state index in [0.29, 0.717) is 0 Å². The lowest BCUT2D eigenvalue weighted by Crippen LogP contribution is -2.45. The van der Waals surface area contributed by atoms with Crippen LogP contribution in [0.1, 0.15) is 51.9 Å². The third-order valence-electron chi connectivity index (χ3n) is 6.89. The van der Waals surface area contributed by atoms with E-state index < -0.39 is 0 Å². The van der Waals surface area contributed by atoms with Gasteiger partial charge in [0.1, 0.15) is 0 Å². The summed E-state index contributed by atoms with van der Waals surface area (Å²) >= 11 is 0. The standard InChI is InChI=1S/C18H26O/c1-18-11-10-14-13-5-3-2-4-12(13)6-7-15(14)16(18)8-9-17(18)19/h4,6-7,13-17,19H,2-3,5,8-11H2,1H3/t13-,14+,15+,16-,17-,18-/m0/s1. The van der Waals surface area contributed by atoms with E-state index >= 15 is 0 Å². The van der Waals surface area contributed by atoms with Crippen LogP contribution in [0.2, 0.25) is 0 Å². The molecule has 0 aromatic rings. The zero-order chi connectivity index (χ0) is 13.0. The molecular weight excluding hydrogens is 232 g/mol. The largest absolute Gasteiger partial charge is 0.393 e. The SMILES string of the molecule is C[C@]12CC[C@H]3[C@@H](C=CC4=CCCC[C@@H]43)[C@@H]1CC[C@@H]2O. The molecule has 0 heterocycles. The second-order valence-electron chi connectivity index (χ2n) is 7.59. The van der Waals surface area contributed by atoms with E-state index in [4.69, 9.17) is 0 Å². The van der Waals surface area contributed by atoms with Crippen molar-refractivity contribution >= 4 is 0 Å². The van der Waals surface area contributed by atoms with Crippen LogP contribution in [-0.2, 0) is 0 Å². The summed E-state index contributed by atoms with van der Waals surface area (Å²) in [5.41, 5.74) is 1.84. The van der Waals surface area contributed by atoms with E-state index in [1.54, 1.807) is 5.57 Å². The molecule has 2 saturated carbocycles. The van der Waals surface area contributed by atoms with E-state index in [1.807, 2.05) is 0 Å². The van der Waals surface area contributed by atoms with Crippen molar-refractivity contribution in [1.29, 1.82) is 0 Å². The van der Waals surface area contributed by atoms with Gasteiger partial charge in [-0.3, -0.25) is 0 Å². The molecule has 0 bridgehead atoms. The third kappa shape index (κ3) is 1.63. The Morgan fingerprint density at radius 1 is 1.21 bits per heavy atom. The summed E-state index contributed by atoms with van der Waals surface area (Å²) in [5, 5.41) is 10.4. The van der Waals surface area contributed by atoms with Gasteiger partial charge in [0.2, 0.25) is 0 Å². The molecule has 0 radical (unpaired) electrons. The zero-order valence-corrected chi connectivity index (χ0v) is 12.0. The molecule has 4 aliphatic carbocycles. The zero-order valence-electron chi connectivity index (χ0n) is 12.0. The molecule has 19 heavy (non-hydrogen) atoms. The summed E-state index contributed by atoms with van der Waals surface area (Å²) in [5.74, 6) is 3.20. The third-order valence-corrected chi connectivity index (χ3v) is 6.89. The average molecular weight is 258 g/mol. The highest BCUT2D eigenvalue weighted by Gasteiger charge is 2.54. The van der Waals surface area contributed by atoms with Crippen LogP contribution in [-0.4, -0.2) is 11.2 Å². The lowest BCUT2D eigenvalue weighted by molar-refractivity contribution is -0.0312. The van der Waals surface area contributed by atoms with Crippen molar-refractivity contribution in [3.05, 3.63) is 23.8 Å². The van der Waals surface area contributed by atoms with Crippen molar-refractivity contribution in [2.75, 3.05) is 0 Å². The van der Waals surface area contributed by atoms with Crippen LogP contribution < -0.4 is 0 Å².